The second-order valence-corrected chi connectivity index (χ2v) is 6.58. The van der Waals surface area contributed by atoms with Gasteiger partial charge in [0.1, 0.15) is 17.4 Å². The first kappa shape index (κ1) is 16.9. The van der Waals surface area contributed by atoms with Crippen LogP contribution in [0.5, 0.6) is 0 Å². The van der Waals surface area contributed by atoms with Gasteiger partial charge in [0.2, 0.25) is 0 Å². The van der Waals surface area contributed by atoms with Crippen molar-refractivity contribution in [2.24, 2.45) is 0 Å². The Balaban J connectivity index is 1.56. The van der Waals surface area contributed by atoms with E-state index in [2.05, 4.69) is 31.8 Å². The van der Waals surface area contributed by atoms with E-state index in [1.807, 2.05) is 20.8 Å². The first-order valence-electron chi connectivity index (χ1n) is 8.85. The monoisotopic (exact) mass is 329 g/mol. The average molecular weight is 329 g/mol. The topological polar surface area (TPSA) is 75.9 Å². The number of aromatic nitrogens is 3. The van der Waals surface area contributed by atoms with Crippen LogP contribution in [0.2, 0.25) is 0 Å². The molecule has 2 aromatic rings. The number of nitrogens with one attached hydrogen (secondary N) is 2. The molecule has 1 aliphatic rings. The van der Waals surface area contributed by atoms with Crippen LogP contribution in [0, 0.1) is 20.8 Å². The van der Waals surface area contributed by atoms with Gasteiger partial charge in [0.05, 0.1) is 5.69 Å². The van der Waals surface area contributed by atoms with E-state index in [0.717, 1.165) is 68.4 Å². The predicted molar refractivity (Wildman–Crippen MR) is 94.4 cm³/mol. The normalized spacial score (nSPS) is 15.6. The molecule has 24 heavy (non-hydrogen) atoms. The Bertz CT molecular complexity index is 657. The molecule has 0 saturated carbocycles. The van der Waals surface area contributed by atoms with E-state index in [-0.39, 0.29) is 0 Å². The molecule has 2 N–H and O–H groups in total. The van der Waals surface area contributed by atoms with E-state index >= 15 is 0 Å². The van der Waals surface area contributed by atoms with Crippen LogP contribution < -0.4 is 10.6 Å². The second kappa shape index (κ2) is 7.75. The van der Waals surface area contributed by atoms with Crippen molar-refractivity contribution in [1.82, 2.24) is 20.4 Å². The standard InChI is InChI=1S/C18H27N5O/c1-12-16(13(2)24-23-12)5-4-8-20-18-11-17(21-14(3)22-18)15-6-9-19-10-7-15/h11,15,19H,4-10H2,1-3H3,(H,20,21,22). The minimum Gasteiger partial charge on any atom is -0.370 e. The first-order chi connectivity index (χ1) is 11.6. The third-order valence-corrected chi connectivity index (χ3v) is 4.71. The molecule has 0 atom stereocenters. The maximum atomic E-state index is 5.21. The minimum atomic E-state index is 0.552. The fourth-order valence-corrected chi connectivity index (χ4v) is 3.35. The van der Waals surface area contributed by atoms with Crippen LogP contribution in [-0.4, -0.2) is 34.8 Å². The molecule has 0 spiro atoms. The zero-order valence-corrected chi connectivity index (χ0v) is 14.9. The van der Waals surface area contributed by atoms with Crippen molar-refractivity contribution in [3.05, 3.63) is 34.6 Å². The highest BCUT2D eigenvalue weighted by atomic mass is 16.5. The van der Waals surface area contributed by atoms with Crippen LogP contribution in [0.3, 0.4) is 0 Å². The highest BCUT2D eigenvalue weighted by Crippen LogP contribution is 2.25. The van der Waals surface area contributed by atoms with Crippen LogP contribution in [0.4, 0.5) is 5.82 Å². The SMILES string of the molecule is Cc1nc(NCCCc2c(C)noc2C)cc(C2CCNCC2)n1. The quantitative estimate of drug-likeness (QED) is 0.794. The summed E-state index contributed by atoms with van der Waals surface area (Å²) in [5.74, 6) is 3.27. The molecular formula is C18H27N5O. The van der Waals surface area contributed by atoms with Crippen LogP contribution in [0.1, 0.15) is 53.7 Å². The van der Waals surface area contributed by atoms with Gasteiger partial charge in [-0.2, -0.15) is 0 Å². The molecule has 1 saturated heterocycles. The highest BCUT2D eigenvalue weighted by molar-refractivity contribution is 5.37. The summed E-state index contributed by atoms with van der Waals surface area (Å²) in [4.78, 5) is 9.18. The Kier molecular flexibility index (Phi) is 5.45. The zero-order valence-electron chi connectivity index (χ0n) is 14.9. The summed E-state index contributed by atoms with van der Waals surface area (Å²) >= 11 is 0. The van der Waals surface area contributed by atoms with Crippen molar-refractivity contribution < 1.29 is 4.52 Å². The number of hydrogen-bond donors (Lipinski definition) is 2. The molecule has 2 aromatic heterocycles. The number of nitrogens with zero attached hydrogens (tertiary/aromatic N) is 3. The van der Waals surface area contributed by atoms with E-state index < -0.39 is 0 Å². The molecule has 1 fully saturated rings. The van der Waals surface area contributed by atoms with Crippen LogP contribution >= 0.6 is 0 Å². The number of anilines is 1. The summed E-state index contributed by atoms with van der Waals surface area (Å²) in [6.07, 6.45) is 4.30. The van der Waals surface area contributed by atoms with E-state index in [0.29, 0.717) is 5.92 Å². The summed E-state index contributed by atoms with van der Waals surface area (Å²) < 4.78 is 5.21. The van der Waals surface area contributed by atoms with Gasteiger partial charge >= 0.3 is 0 Å². The summed E-state index contributed by atoms with van der Waals surface area (Å²) in [5, 5.41) is 10.9. The number of aryl methyl sites for hydroxylation is 3. The first-order valence-corrected chi connectivity index (χ1v) is 8.85. The van der Waals surface area contributed by atoms with Crippen molar-refractivity contribution in [2.45, 2.75) is 52.4 Å². The van der Waals surface area contributed by atoms with Crippen LogP contribution in [0.25, 0.3) is 0 Å². The molecule has 0 amide bonds. The van der Waals surface area contributed by atoms with Crippen LogP contribution in [0.15, 0.2) is 10.6 Å². The molecule has 0 unspecified atom stereocenters. The van der Waals surface area contributed by atoms with Crippen LogP contribution in [-0.2, 0) is 6.42 Å². The average Bonchev–Trinajstić information content (AvgIpc) is 2.90. The van der Waals surface area contributed by atoms with Gasteiger partial charge in [-0.05, 0) is 59.5 Å². The molecule has 0 aliphatic carbocycles. The maximum Gasteiger partial charge on any atom is 0.137 e. The molecule has 3 heterocycles. The molecule has 6 heteroatoms. The maximum absolute atomic E-state index is 5.21. The van der Waals surface area contributed by atoms with Crippen molar-refractivity contribution >= 4 is 5.82 Å². The highest BCUT2D eigenvalue weighted by Gasteiger charge is 2.17. The molecular weight excluding hydrogens is 302 g/mol. The Morgan fingerprint density at radius 2 is 2.00 bits per heavy atom. The van der Waals surface area contributed by atoms with Gasteiger partial charge in [0.15, 0.2) is 0 Å². The minimum absolute atomic E-state index is 0.552. The lowest BCUT2D eigenvalue weighted by Crippen LogP contribution is -2.27. The Morgan fingerprint density at radius 1 is 1.21 bits per heavy atom. The van der Waals surface area contributed by atoms with Gasteiger partial charge in [0.25, 0.3) is 0 Å². The third-order valence-electron chi connectivity index (χ3n) is 4.71. The fourth-order valence-electron chi connectivity index (χ4n) is 3.35. The molecule has 0 bridgehead atoms. The number of piperidine rings is 1. The van der Waals surface area contributed by atoms with Gasteiger partial charge < -0.3 is 15.2 Å². The largest absolute Gasteiger partial charge is 0.370 e. The predicted octanol–water partition coefficient (Wildman–Crippen LogP) is 2.90. The molecule has 0 aromatic carbocycles. The molecule has 1 aliphatic heterocycles. The number of rotatable bonds is 6. The lowest BCUT2D eigenvalue weighted by Gasteiger charge is -2.22. The lowest BCUT2D eigenvalue weighted by atomic mass is 9.94. The van der Waals surface area contributed by atoms with Gasteiger partial charge in [-0.1, -0.05) is 5.16 Å². The fraction of sp³-hybridized carbons (Fsp3) is 0.611. The van der Waals surface area contributed by atoms with Gasteiger partial charge in [-0.3, -0.25) is 0 Å². The summed E-state index contributed by atoms with van der Waals surface area (Å²) in [7, 11) is 0. The Labute approximate surface area is 143 Å². The molecule has 0 radical (unpaired) electrons. The van der Waals surface area contributed by atoms with Gasteiger partial charge in [-0.25, -0.2) is 9.97 Å². The summed E-state index contributed by atoms with van der Waals surface area (Å²) in [6, 6.07) is 2.12. The zero-order chi connectivity index (χ0) is 16.9. The molecule has 6 nitrogen and oxygen atoms in total. The molecule has 3 rings (SSSR count). The van der Waals surface area contributed by atoms with Crippen molar-refractivity contribution in [2.75, 3.05) is 25.0 Å². The van der Waals surface area contributed by atoms with E-state index in [1.165, 1.54) is 11.3 Å². The second-order valence-electron chi connectivity index (χ2n) is 6.58. The third kappa shape index (κ3) is 4.12. The van der Waals surface area contributed by atoms with E-state index in [4.69, 9.17) is 4.52 Å². The van der Waals surface area contributed by atoms with Gasteiger partial charge in [0, 0.05) is 29.8 Å². The van der Waals surface area contributed by atoms with E-state index in [1.54, 1.807) is 0 Å². The lowest BCUT2D eigenvalue weighted by molar-refractivity contribution is 0.392. The van der Waals surface area contributed by atoms with Gasteiger partial charge in [-0.15, -0.1) is 0 Å². The molecule has 130 valence electrons. The number of hydrogen-bond acceptors (Lipinski definition) is 6. The van der Waals surface area contributed by atoms with Crippen molar-refractivity contribution in [1.29, 1.82) is 0 Å². The van der Waals surface area contributed by atoms with Crippen molar-refractivity contribution in [3.63, 3.8) is 0 Å². The Morgan fingerprint density at radius 3 is 2.71 bits per heavy atom. The Hall–Kier alpha value is -1.95. The summed E-state index contributed by atoms with van der Waals surface area (Å²) in [6.45, 7) is 8.98. The summed E-state index contributed by atoms with van der Waals surface area (Å²) in [5.41, 5.74) is 3.40. The van der Waals surface area contributed by atoms with Crippen molar-refractivity contribution in [3.8, 4) is 0 Å². The smallest absolute Gasteiger partial charge is 0.137 e. The van der Waals surface area contributed by atoms with E-state index in [9.17, 15) is 0 Å².